The summed E-state index contributed by atoms with van der Waals surface area (Å²) in [4.78, 5) is 24.8. The lowest BCUT2D eigenvalue weighted by Crippen LogP contribution is -2.41. The molecule has 1 aromatic carbocycles. The lowest BCUT2D eigenvalue weighted by molar-refractivity contribution is 0.354. The van der Waals surface area contributed by atoms with E-state index in [0.29, 0.717) is 28.1 Å². The molecule has 0 spiro atoms. The summed E-state index contributed by atoms with van der Waals surface area (Å²) >= 11 is 3.40. The van der Waals surface area contributed by atoms with Gasteiger partial charge in [-0.05, 0) is 24.6 Å². The lowest BCUT2D eigenvalue weighted by Gasteiger charge is -2.14. The summed E-state index contributed by atoms with van der Waals surface area (Å²) in [5.74, 6) is 1.01. The van der Waals surface area contributed by atoms with Crippen molar-refractivity contribution in [2.24, 2.45) is 0 Å². The molecule has 0 fully saturated rings. The van der Waals surface area contributed by atoms with Crippen molar-refractivity contribution in [3.8, 4) is 17.6 Å². The Kier molecular flexibility index (Phi) is 5.46. The molecular weight excluding hydrogens is 378 g/mol. The maximum Gasteiger partial charge on any atom is 0.331 e. The predicted octanol–water partition coefficient (Wildman–Crippen LogP) is 1.73. The summed E-state index contributed by atoms with van der Waals surface area (Å²) in [6, 6.07) is 5.21. The molecule has 0 amide bonds. The van der Waals surface area contributed by atoms with Crippen LogP contribution in [0.15, 0.2) is 32.4 Å². The quantitative estimate of drug-likeness (QED) is 0.771. The van der Waals surface area contributed by atoms with Crippen molar-refractivity contribution < 1.29 is 9.47 Å². The number of aryl methyl sites for hydroxylation is 1. The third-order valence-electron chi connectivity index (χ3n) is 3.58. The van der Waals surface area contributed by atoms with Gasteiger partial charge in [-0.25, -0.2) is 4.79 Å². The molecule has 0 N–H and O–H groups in total. The van der Waals surface area contributed by atoms with Gasteiger partial charge in [-0.1, -0.05) is 15.9 Å². The summed E-state index contributed by atoms with van der Waals surface area (Å²) in [6.45, 7) is 2.14. The van der Waals surface area contributed by atoms with Crippen molar-refractivity contribution in [2.45, 2.75) is 20.0 Å². The second-order valence-corrected chi connectivity index (χ2v) is 5.77. The van der Waals surface area contributed by atoms with Crippen molar-refractivity contribution in [3.05, 3.63) is 54.8 Å². The van der Waals surface area contributed by atoms with Crippen LogP contribution in [0.1, 0.15) is 18.1 Å². The molecule has 0 unspecified atom stereocenters. The van der Waals surface area contributed by atoms with Crippen molar-refractivity contribution in [1.29, 1.82) is 5.26 Å². The van der Waals surface area contributed by atoms with E-state index in [4.69, 9.17) is 14.7 Å². The minimum absolute atomic E-state index is 0.00806. The lowest BCUT2D eigenvalue weighted by atomic mass is 10.2. The van der Waals surface area contributed by atoms with Crippen LogP contribution in [0.4, 0.5) is 0 Å². The van der Waals surface area contributed by atoms with Crippen molar-refractivity contribution >= 4 is 15.9 Å². The molecule has 0 radical (unpaired) electrons. The maximum absolute atomic E-state index is 12.4. The smallest absolute Gasteiger partial charge is 0.331 e. The summed E-state index contributed by atoms with van der Waals surface area (Å²) < 4.78 is 13.5. The Morgan fingerprint density at radius 3 is 2.38 bits per heavy atom. The van der Waals surface area contributed by atoms with E-state index in [0.717, 1.165) is 4.57 Å². The molecule has 0 bridgehead atoms. The topological polar surface area (TPSA) is 86.2 Å². The summed E-state index contributed by atoms with van der Waals surface area (Å²) in [7, 11) is 3.02. The zero-order valence-electron chi connectivity index (χ0n) is 13.5. The van der Waals surface area contributed by atoms with Gasteiger partial charge in [0.25, 0.3) is 5.56 Å². The number of aromatic nitrogens is 2. The molecule has 1 heterocycles. The summed E-state index contributed by atoms with van der Waals surface area (Å²) in [5, 5.41) is 9.10. The average Bonchev–Trinajstić information content (AvgIpc) is 2.59. The third kappa shape index (κ3) is 3.21. The highest BCUT2D eigenvalue weighted by molar-refractivity contribution is 9.10. The van der Waals surface area contributed by atoms with Crippen LogP contribution in [0, 0.1) is 11.3 Å². The SMILES string of the molecule is CCn1cc(C#N)c(=O)n(Cc2cc(OC)c(OC)cc2Br)c1=O. The minimum Gasteiger partial charge on any atom is -0.493 e. The van der Waals surface area contributed by atoms with Crippen molar-refractivity contribution in [3.63, 3.8) is 0 Å². The highest BCUT2D eigenvalue weighted by atomic mass is 79.9. The second-order valence-electron chi connectivity index (χ2n) is 4.91. The van der Waals surface area contributed by atoms with E-state index < -0.39 is 11.2 Å². The largest absolute Gasteiger partial charge is 0.493 e. The molecule has 2 aromatic rings. The molecular formula is C16H16BrN3O4. The molecule has 0 saturated carbocycles. The van der Waals surface area contributed by atoms with E-state index in [-0.39, 0.29) is 12.1 Å². The van der Waals surface area contributed by atoms with Crippen LogP contribution >= 0.6 is 15.9 Å². The Hall–Kier alpha value is -2.53. The number of rotatable bonds is 5. The molecule has 0 atom stereocenters. The van der Waals surface area contributed by atoms with Crippen LogP contribution in [-0.2, 0) is 13.1 Å². The zero-order chi connectivity index (χ0) is 17.9. The first-order valence-electron chi connectivity index (χ1n) is 7.11. The number of nitriles is 1. The van der Waals surface area contributed by atoms with Crippen LogP contribution in [0.5, 0.6) is 11.5 Å². The van der Waals surface area contributed by atoms with Gasteiger partial charge in [0.1, 0.15) is 11.6 Å². The summed E-state index contributed by atoms with van der Waals surface area (Å²) in [6.07, 6.45) is 1.28. The van der Waals surface area contributed by atoms with Crippen LogP contribution in [-0.4, -0.2) is 23.4 Å². The van der Waals surface area contributed by atoms with Gasteiger partial charge in [0.15, 0.2) is 11.5 Å². The molecule has 126 valence electrons. The Morgan fingerprint density at radius 1 is 1.21 bits per heavy atom. The molecule has 8 heteroatoms. The normalized spacial score (nSPS) is 10.3. The average molecular weight is 394 g/mol. The van der Waals surface area contributed by atoms with Crippen LogP contribution < -0.4 is 20.7 Å². The Labute approximate surface area is 146 Å². The number of methoxy groups -OCH3 is 2. The standard InChI is InChI=1S/C16H16BrN3O4/c1-4-19-8-11(7-18)15(21)20(16(19)22)9-10-5-13(23-2)14(24-3)6-12(10)17/h5-6,8H,4,9H2,1-3H3. The maximum atomic E-state index is 12.4. The van der Waals surface area contributed by atoms with Gasteiger partial charge >= 0.3 is 5.69 Å². The fraction of sp³-hybridized carbons (Fsp3) is 0.312. The number of ether oxygens (including phenoxy) is 2. The van der Waals surface area contributed by atoms with Crippen molar-refractivity contribution in [1.82, 2.24) is 9.13 Å². The second kappa shape index (κ2) is 7.36. The minimum atomic E-state index is -0.617. The van der Waals surface area contributed by atoms with Crippen LogP contribution in [0.3, 0.4) is 0 Å². The van der Waals surface area contributed by atoms with Crippen molar-refractivity contribution in [2.75, 3.05) is 14.2 Å². The fourth-order valence-corrected chi connectivity index (χ4v) is 2.73. The number of hydrogen-bond donors (Lipinski definition) is 0. The molecule has 0 saturated heterocycles. The first kappa shape index (κ1) is 17.8. The number of hydrogen-bond acceptors (Lipinski definition) is 5. The predicted molar refractivity (Wildman–Crippen MR) is 91.7 cm³/mol. The third-order valence-corrected chi connectivity index (χ3v) is 4.32. The van der Waals surface area contributed by atoms with Gasteiger partial charge in [0.05, 0.1) is 20.8 Å². The Morgan fingerprint density at radius 2 is 1.83 bits per heavy atom. The Balaban J connectivity index is 2.63. The molecule has 0 aliphatic heterocycles. The first-order chi connectivity index (χ1) is 11.5. The summed E-state index contributed by atoms with van der Waals surface area (Å²) in [5.41, 5.74) is -0.505. The van der Waals surface area contributed by atoms with E-state index in [9.17, 15) is 9.59 Å². The van der Waals surface area contributed by atoms with Gasteiger partial charge in [-0.3, -0.25) is 13.9 Å². The highest BCUT2D eigenvalue weighted by Gasteiger charge is 2.15. The van der Waals surface area contributed by atoms with Gasteiger partial charge in [-0.15, -0.1) is 0 Å². The Bertz CT molecular complexity index is 925. The molecule has 24 heavy (non-hydrogen) atoms. The number of nitrogens with zero attached hydrogens (tertiary/aromatic N) is 3. The monoisotopic (exact) mass is 393 g/mol. The zero-order valence-corrected chi connectivity index (χ0v) is 15.1. The van der Waals surface area contributed by atoms with Crippen LogP contribution in [0.25, 0.3) is 0 Å². The van der Waals surface area contributed by atoms with Gasteiger partial charge in [-0.2, -0.15) is 5.26 Å². The van der Waals surface area contributed by atoms with E-state index in [1.807, 2.05) is 6.07 Å². The molecule has 7 nitrogen and oxygen atoms in total. The first-order valence-corrected chi connectivity index (χ1v) is 7.90. The van der Waals surface area contributed by atoms with E-state index in [1.54, 1.807) is 19.1 Å². The van der Waals surface area contributed by atoms with Gasteiger partial charge in [0, 0.05) is 17.2 Å². The van der Waals surface area contributed by atoms with Crippen LogP contribution in [0.2, 0.25) is 0 Å². The van der Waals surface area contributed by atoms with E-state index >= 15 is 0 Å². The number of benzene rings is 1. The van der Waals surface area contributed by atoms with Gasteiger partial charge < -0.3 is 9.47 Å². The molecule has 1 aromatic heterocycles. The molecule has 0 aliphatic rings. The highest BCUT2D eigenvalue weighted by Crippen LogP contribution is 2.33. The van der Waals surface area contributed by atoms with E-state index in [1.165, 1.54) is 25.0 Å². The van der Waals surface area contributed by atoms with Gasteiger partial charge in [0.2, 0.25) is 0 Å². The number of halogens is 1. The molecule has 0 aliphatic carbocycles. The fourth-order valence-electron chi connectivity index (χ4n) is 2.28. The van der Waals surface area contributed by atoms with E-state index in [2.05, 4.69) is 15.9 Å². The molecule has 2 rings (SSSR count).